The summed E-state index contributed by atoms with van der Waals surface area (Å²) in [5.41, 5.74) is 0.408. The maximum absolute atomic E-state index is 10.0. The molecule has 0 spiro atoms. The van der Waals surface area contributed by atoms with Crippen LogP contribution in [0.3, 0.4) is 0 Å². The van der Waals surface area contributed by atoms with E-state index in [-0.39, 0.29) is 5.75 Å². The van der Waals surface area contributed by atoms with Crippen LogP contribution in [0.25, 0.3) is 0 Å². The van der Waals surface area contributed by atoms with Crippen LogP contribution in [0, 0.1) is 0 Å². The number of aromatic hydroxyl groups is 1. The molecule has 0 aliphatic carbocycles. The van der Waals surface area contributed by atoms with E-state index in [1.807, 2.05) is 26.0 Å². The molecule has 0 unspecified atom stereocenters. The molecular weight excluding hydrogens is 202 g/mol. The minimum atomic E-state index is -0.614. The summed E-state index contributed by atoms with van der Waals surface area (Å²) in [5.74, 6) is 0.278. The fourth-order valence-corrected chi connectivity index (χ4v) is 1.61. The number of rotatable bonds is 6. The average molecular weight is 223 g/mol. The molecule has 3 nitrogen and oxygen atoms in total. The molecular formula is C13H21NO2. The van der Waals surface area contributed by atoms with Crippen LogP contribution in [0.2, 0.25) is 0 Å². The topological polar surface area (TPSA) is 52.5 Å². The second-order valence-electron chi connectivity index (χ2n) is 4.20. The highest BCUT2D eigenvalue weighted by molar-refractivity contribution is 5.26. The Hall–Kier alpha value is -1.06. The first kappa shape index (κ1) is 13.0. The molecule has 0 bridgehead atoms. The van der Waals surface area contributed by atoms with Crippen molar-refractivity contribution in [2.75, 3.05) is 6.54 Å². The molecule has 0 saturated heterocycles. The smallest absolute Gasteiger partial charge is 0.115 e. The molecule has 3 heteroatoms. The second kappa shape index (κ2) is 5.87. The van der Waals surface area contributed by atoms with Crippen LogP contribution in [0.5, 0.6) is 5.75 Å². The van der Waals surface area contributed by atoms with Gasteiger partial charge in [0.2, 0.25) is 0 Å². The molecule has 1 aromatic rings. The highest BCUT2D eigenvalue weighted by Crippen LogP contribution is 2.14. The Morgan fingerprint density at radius 1 is 1.25 bits per heavy atom. The van der Waals surface area contributed by atoms with Crippen molar-refractivity contribution in [3.05, 3.63) is 29.8 Å². The van der Waals surface area contributed by atoms with Crippen molar-refractivity contribution in [3.63, 3.8) is 0 Å². The first-order chi connectivity index (χ1) is 7.59. The largest absolute Gasteiger partial charge is 0.508 e. The van der Waals surface area contributed by atoms with Gasteiger partial charge in [0.15, 0.2) is 0 Å². The van der Waals surface area contributed by atoms with Gasteiger partial charge in [-0.15, -0.1) is 0 Å². The van der Waals surface area contributed by atoms with Crippen LogP contribution >= 0.6 is 0 Å². The third kappa shape index (κ3) is 3.83. The predicted molar refractivity (Wildman–Crippen MR) is 65.3 cm³/mol. The molecule has 16 heavy (non-hydrogen) atoms. The molecule has 0 heterocycles. The summed E-state index contributed by atoms with van der Waals surface area (Å²) >= 11 is 0. The van der Waals surface area contributed by atoms with Gasteiger partial charge in [0.1, 0.15) is 5.75 Å². The lowest BCUT2D eigenvalue weighted by Crippen LogP contribution is -2.39. The number of phenols is 1. The van der Waals surface area contributed by atoms with Crippen molar-refractivity contribution in [2.24, 2.45) is 0 Å². The lowest BCUT2D eigenvalue weighted by atomic mass is 9.97. The van der Waals surface area contributed by atoms with Gasteiger partial charge < -0.3 is 15.5 Å². The summed E-state index contributed by atoms with van der Waals surface area (Å²) in [6, 6.07) is 7.14. The third-order valence-corrected chi connectivity index (χ3v) is 3.01. The van der Waals surface area contributed by atoms with Gasteiger partial charge in [-0.1, -0.05) is 26.0 Å². The van der Waals surface area contributed by atoms with Gasteiger partial charge in [-0.05, 0) is 30.5 Å². The Morgan fingerprint density at radius 2 is 1.94 bits per heavy atom. The normalized spacial score (nSPS) is 11.7. The molecule has 0 amide bonds. The average Bonchev–Trinajstić information content (AvgIpc) is 2.29. The highest BCUT2D eigenvalue weighted by atomic mass is 16.3. The molecule has 0 fully saturated rings. The van der Waals surface area contributed by atoms with Gasteiger partial charge in [0.25, 0.3) is 0 Å². The minimum absolute atomic E-state index is 0.278. The van der Waals surface area contributed by atoms with E-state index in [0.29, 0.717) is 13.1 Å². The lowest BCUT2D eigenvalue weighted by molar-refractivity contribution is 0.0323. The summed E-state index contributed by atoms with van der Waals surface area (Å²) in [5, 5.41) is 22.5. The fraction of sp³-hybridized carbons (Fsp3) is 0.538. The standard InChI is InChI=1S/C13H21NO2/c1-3-13(16,4-2)10-14-9-11-6-5-7-12(15)8-11/h5-8,14-16H,3-4,9-10H2,1-2H3. The van der Waals surface area contributed by atoms with E-state index < -0.39 is 5.60 Å². The van der Waals surface area contributed by atoms with Gasteiger partial charge in [-0.25, -0.2) is 0 Å². The number of nitrogens with one attached hydrogen (secondary N) is 1. The van der Waals surface area contributed by atoms with Crippen molar-refractivity contribution in [1.29, 1.82) is 0 Å². The van der Waals surface area contributed by atoms with Crippen molar-refractivity contribution < 1.29 is 10.2 Å². The Morgan fingerprint density at radius 3 is 2.50 bits per heavy atom. The summed E-state index contributed by atoms with van der Waals surface area (Å²) in [6.07, 6.45) is 1.49. The number of benzene rings is 1. The van der Waals surface area contributed by atoms with Crippen LogP contribution in [-0.4, -0.2) is 22.4 Å². The van der Waals surface area contributed by atoms with E-state index in [0.717, 1.165) is 18.4 Å². The molecule has 0 aromatic heterocycles. The van der Waals surface area contributed by atoms with E-state index in [1.165, 1.54) is 0 Å². The third-order valence-electron chi connectivity index (χ3n) is 3.01. The van der Waals surface area contributed by atoms with Gasteiger partial charge in [-0.2, -0.15) is 0 Å². The van der Waals surface area contributed by atoms with Crippen molar-refractivity contribution >= 4 is 0 Å². The Kier molecular flexibility index (Phi) is 4.77. The van der Waals surface area contributed by atoms with E-state index in [4.69, 9.17) is 0 Å². The molecule has 1 rings (SSSR count). The molecule has 0 saturated carbocycles. The highest BCUT2D eigenvalue weighted by Gasteiger charge is 2.20. The van der Waals surface area contributed by atoms with Gasteiger partial charge in [0.05, 0.1) is 5.60 Å². The Balaban J connectivity index is 2.41. The van der Waals surface area contributed by atoms with Gasteiger partial charge in [0, 0.05) is 13.1 Å². The zero-order valence-electron chi connectivity index (χ0n) is 10.0. The van der Waals surface area contributed by atoms with Crippen LogP contribution in [0.15, 0.2) is 24.3 Å². The number of hydrogen-bond acceptors (Lipinski definition) is 3. The van der Waals surface area contributed by atoms with Crippen LogP contribution in [-0.2, 0) is 6.54 Å². The van der Waals surface area contributed by atoms with Gasteiger partial charge in [-0.3, -0.25) is 0 Å². The number of aliphatic hydroxyl groups is 1. The maximum Gasteiger partial charge on any atom is 0.115 e. The molecule has 0 atom stereocenters. The van der Waals surface area contributed by atoms with Crippen molar-refractivity contribution in [3.8, 4) is 5.75 Å². The molecule has 0 radical (unpaired) electrons. The number of hydrogen-bond donors (Lipinski definition) is 3. The van der Waals surface area contributed by atoms with Crippen LogP contribution < -0.4 is 5.32 Å². The van der Waals surface area contributed by atoms with E-state index in [9.17, 15) is 10.2 Å². The van der Waals surface area contributed by atoms with Crippen molar-refractivity contribution in [2.45, 2.75) is 38.8 Å². The van der Waals surface area contributed by atoms with E-state index >= 15 is 0 Å². The lowest BCUT2D eigenvalue weighted by Gasteiger charge is -2.25. The first-order valence-electron chi connectivity index (χ1n) is 5.80. The van der Waals surface area contributed by atoms with Crippen LogP contribution in [0.1, 0.15) is 32.3 Å². The second-order valence-corrected chi connectivity index (χ2v) is 4.20. The zero-order valence-corrected chi connectivity index (χ0v) is 10.0. The van der Waals surface area contributed by atoms with E-state index in [2.05, 4.69) is 5.32 Å². The predicted octanol–water partition coefficient (Wildman–Crippen LogP) is 2.03. The zero-order chi connectivity index (χ0) is 12.0. The molecule has 3 N–H and O–H groups in total. The molecule has 90 valence electrons. The fourth-order valence-electron chi connectivity index (χ4n) is 1.61. The maximum atomic E-state index is 10.0. The Labute approximate surface area is 97.1 Å². The first-order valence-corrected chi connectivity index (χ1v) is 5.80. The minimum Gasteiger partial charge on any atom is -0.508 e. The van der Waals surface area contributed by atoms with E-state index in [1.54, 1.807) is 12.1 Å². The molecule has 0 aliphatic rings. The molecule has 0 aliphatic heterocycles. The van der Waals surface area contributed by atoms with Crippen LogP contribution in [0.4, 0.5) is 0 Å². The summed E-state index contributed by atoms with van der Waals surface area (Å²) < 4.78 is 0. The summed E-state index contributed by atoms with van der Waals surface area (Å²) in [6.45, 7) is 5.21. The molecule has 1 aromatic carbocycles. The van der Waals surface area contributed by atoms with Crippen molar-refractivity contribution in [1.82, 2.24) is 5.32 Å². The number of phenolic OH excluding ortho intramolecular Hbond substituents is 1. The summed E-state index contributed by atoms with van der Waals surface area (Å²) in [4.78, 5) is 0. The Bertz CT molecular complexity index is 321. The monoisotopic (exact) mass is 223 g/mol. The quantitative estimate of drug-likeness (QED) is 0.691. The van der Waals surface area contributed by atoms with Gasteiger partial charge >= 0.3 is 0 Å². The SMILES string of the molecule is CCC(O)(CC)CNCc1cccc(O)c1. The summed E-state index contributed by atoms with van der Waals surface area (Å²) in [7, 11) is 0.